The molecule has 1 aliphatic heterocycles. The maximum absolute atomic E-state index is 12.9. The molecule has 0 aromatic rings. The summed E-state index contributed by atoms with van der Waals surface area (Å²) in [6, 6.07) is 0. The average Bonchev–Trinajstić information content (AvgIpc) is 2.49. The quantitative estimate of drug-likeness (QED) is 0.681. The fourth-order valence-corrected chi connectivity index (χ4v) is 1.79. The molecule has 6 nitrogen and oxygen atoms in total. The van der Waals surface area contributed by atoms with E-state index in [2.05, 4.69) is 4.28 Å². The van der Waals surface area contributed by atoms with Crippen LogP contribution in [0.1, 0.15) is 26.2 Å². The zero-order valence-corrected chi connectivity index (χ0v) is 9.09. The summed E-state index contributed by atoms with van der Waals surface area (Å²) in [4.78, 5) is 21.9. The minimum absolute atomic E-state index is 0.126. The van der Waals surface area contributed by atoms with Crippen molar-refractivity contribution in [2.75, 3.05) is 0 Å². The van der Waals surface area contributed by atoms with Gasteiger partial charge in [-0.1, -0.05) is 6.92 Å². The van der Waals surface area contributed by atoms with E-state index in [-0.39, 0.29) is 17.9 Å². The van der Waals surface area contributed by atoms with Gasteiger partial charge in [0.05, 0.1) is 0 Å². The SMILES string of the molecule is CCC(F)(F)S(=O)(=O)ON1C(=O)CCC1=O. The fourth-order valence-electron chi connectivity index (χ4n) is 0.969. The Kier molecular flexibility index (Phi) is 3.29. The largest absolute Gasteiger partial charge is 0.371 e. The van der Waals surface area contributed by atoms with Crippen molar-refractivity contribution in [2.45, 2.75) is 31.4 Å². The van der Waals surface area contributed by atoms with Gasteiger partial charge in [-0.15, -0.1) is 9.35 Å². The number of hydrogen-bond acceptors (Lipinski definition) is 5. The Morgan fingerprint density at radius 1 is 1.31 bits per heavy atom. The molecule has 0 atom stereocenters. The van der Waals surface area contributed by atoms with Crippen molar-refractivity contribution in [3.63, 3.8) is 0 Å². The van der Waals surface area contributed by atoms with Crippen LogP contribution in [0.2, 0.25) is 0 Å². The molecule has 1 fully saturated rings. The molecular weight excluding hydrogens is 248 g/mol. The van der Waals surface area contributed by atoms with E-state index in [1.807, 2.05) is 0 Å². The second kappa shape index (κ2) is 4.06. The molecule has 0 saturated carbocycles. The van der Waals surface area contributed by atoms with Crippen LogP contribution in [0.25, 0.3) is 0 Å². The number of imide groups is 1. The van der Waals surface area contributed by atoms with Crippen LogP contribution in [0.4, 0.5) is 8.78 Å². The van der Waals surface area contributed by atoms with Gasteiger partial charge in [-0.25, -0.2) is 0 Å². The van der Waals surface area contributed by atoms with Crippen molar-refractivity contribution in [1.29, 1.82) is 0 Å². The van der Waals surface area contributed by atoms with Gasteiger partial charge in [0.25, 0.3) is 11.8 Å². The van der Waals surface area contributed by atoms with Gasteiger partial charge in [0.2, 0.25) is 0 Å². The van der Waals surface area contributed by atoms with E-state index < -0.39 is 33.6 Å². The minimum Gasteiger partial charge on any atom is -0.272 e. The average molecular weight is 257 g/mol. The van der Waals surface area contributed by atoms with Crippen LogP contribution >= 0.6 is 0 Å². The molecule has 2 amide bonds. The van der Waals surface area contributed by atoms with Crippen LogP contribution in [0, 0.1) is 0 Å². The van der Waals surface area contributed by atoms with Crippen LogP contribution in [0.15, 0.2) is 0 Å². The summed E-state index contributed by atoms with van der Waals surface area (Å²) in [6.45, 7) is 0.939. The summed E-state index contributed by atoms with van der Waals surface area (Å²) < 4.78 is 51.6. The molecular formula is C7H9F2NO5S. The number of hydroxylamine groups is 2. The van der Waals surface area contributed by atoms with Gasteiger partial charge in [-0.05, 0) is 0 Å². The lowest BCUT2D eigenvalue weighted by molar-refractivity contribution is -0.165. The summed E-state index contributed by atoms with van der Waals surface area (Å²) in [5.74, 6) is -1.89. The summed E-state index contributed by atoms with van der Waals surface area (Å²) in [5, 5.41) is -4.25. The Hall–Kier alpha value is -1.09. The van der Waals surface area contributed by atoms with Gasteiger partial charge in [0.1, 0.15) is 0 Å². The van der Waals surface area contributed by atoms with Gasteiger partial charge in [0, 0.05) is 19.3 Å². The van der Waals surface area contributed by atoms with Gasteiger partial charge in [0.15, 0.2) is 0 Å². The van der Waals surface area contributed by atoms with Crippen LogP contribution in [-0.2, 0) is 24.0 Å². The van der Waals surface area contributed by atoms with E-state index in [9.17, 15) is 26.8 Å². The third-order valence-electron chi connectivity index (χ3n) is 1.96. The lowest BCUT2D eigenvalue weighted by atomic mass is 10.4. The molecule has 0 unspecified atom stereocenters. The summed E-state index contributed by atoms with van der Waals surface area (Å²) in [5.41, 5.74) is 0. The molecule has 0 aromatic carbocycles. The van der Waals surface area contributed by atoms with Crippen molar-refractivity contribution in [1.82, 2.24) is 5.06 Å². The van der Waals surface area contributed by atoms with E-state index in [0.29, 0.717) is 0 Å². The third-order valence-corrected chi connectivity index (χ3v) is 3.32. The normalized spacial score (nSPS) is 18.3. The van der Waals surface area contributed by atoms with E-state index in [0.717, 1.165) is 6.92 Å². The van der Waals surface area contributed by atoms with Gasteiger partial charge < -0.3 is 0 Å². The molecule has 1 aliphatic rings. The minimum atomic E-state index is -5.31. The molecule has 0 bridgehead atoms. The highest BCUT2D eigenvalue weighted by atomic mass is 32.2. The molecule has 1 rings (SSSR count). The van der Waals surface area contributed by atoms with Crippen LogP contribution in [-0.4, -0.2) is 30.5 Å². The molecule has 1 saturated heterocycles. The molecule has 0 radical (unpaired) electrons. The first-order valence-corrected chi connectivity index (χ1v) is 5.80. The maximum Gasteiger partial charge on any atom is 0.371 e. The number of alkyl halides is 2. The predicted octanol–water partition coefficient (Wildman–Crippen LogP) is 0.400. The highest BCUT2D eigenvalue weighted by Gasteiger charge is 2.48. The highest BCUT2D eigenvalue weighted by Crippen LogP contribution is 2.29. The zero-order valence-electron chi connectivity index (χ0n) is 8.27. The topological polar surface area (TPSA) is 80.8 Å². The fraction of sp³-hybridized carbons (Fsp3) is 0.714. The number of amides is 2. The smallest absolute Gasteiger partial charge is 0.272 e. The van der Waals surface area contributed by atoms with Gasteiger partial charge >= 0.3 is 15.4 Å². The van der Waals surface area contributed by atoms with Crippen LogP contribution in [0.5, 0.6) is 0 Å². The number of rotatable bonds is 4. The van der Waals surface area contributed by atoms with E-state index in [4.69, 9.17) is 0 Å². The summed E-state index contributed by atoms with van der Waals surface area (Å²) in [7, 11) is -5.31. The van der Waals surface area contributed by atoms with Crippen molar-refractivity contribution < 1.29 is 31.1 Å². The zero-order chi connectivity index (χ0) is 12.6. The third kappa shape index (κ3) is 2.19. The lowest BCUT2D eigenvalue weighted by Crippen LogP contribution is -2.39. The van der Waals surface area contributed by atoms with Crippen molar-refractivity contribution in [2.24, 2.45) is 0 Å². The Morgan fingerprint density at radius 2 is 1.75 bits per heavy atom. The Labute approximate surface area is 90.2 Å². The molecule has 0 aliphatic carbocycles. The van der Waals surface area contributed by atoms with Gasteiger partial charge in [-0.3, -0.25) is 9.59 Å². The van der Waals surface area contributed by atoms with E-state index in [1.165, 1.54) is 0 Å². The molecule has 16 heavy (non-hydrogen) atoms. The molecule has 1 heterocycles. The first kappa shape index (κ1) is 13.0. The molecule has 0 aromatic heterocycles. The lowest BCUT2D eigenvalue weighted by Gasteiger charge is -2.18. The van der Waals surface area contributed by atoms with Crippen molar-refractivity contribution >= 4 is 21.9 Å². The monoisotopic (exact) mass is 257 g/mol. The highest BCUT2D eigenvalue weighted by molar-refractivity contribution is 7.87. The number of nitrogens with zero attached hydrogens (tertiary/aromatic N) is 1. The Balaban J connectivity index is 2.89. The van der Waals surface area contributed by atoms with Crippen LogP contribution < -0.4 is 0 Å². The van der Waals surface area contributed by atoms with Gasteiger partial charge in [-0.2, -0.15) is 17.2 Å². The molecule has 92 valence electrons. The van der Waals surface area contributed by atoms with E-state index >= 15 is 0 Å². The first-order chi connectivity index (χ1) is 7.21. The first-order valence-electron chi connectivity index (χ1n) is 4.39. The second-order valence-electron chi connectivity index (χ2n) is 3.10. The number of carbonyl (C=O) groups is 2. The summed E-state index contributed by atoms with van der Waals surface area (Å²) >= 11 is 0. The second-order valence-corrected chi connectivity index (χ2v) is 4.76. The van der Waals surface area contributed by atoms with Crippen molar-refractivity contribution in [3.05, 3.63) is 0 Å². The Morgan fingerprint density at radius 3 is 2.12 bits per heavy atom. The summed E-state index contributed by atoms with van der Waals surface area (Å²) in [6.07, 6.45) is -1.50. The number of hydrogen-bond donors (Lipinski definition) is 0. The van der Waals surface area contributed by atoms with Crippen LogP contribution in [0.3, 0.4) is 0 Å². The number of halogens is 2. The molecule has 0 N–H and O–H groups in total. The van der Waals surface area contributed by atoms with E-state index in [1.54, 1.807) is 0 Å². The van der Waals surface area contributed by atoms with Crippen molar-refractivity contribution in [3.8, 4) is 0 Å². The molecule has 9 heteroatoms. The standard InChI is InChI=1S/C7H9F2NO5S/c1-2-7(8,9)16(13,14)15-10-5(11)3-4-6(10)12/h2-4H2,1H3. The molecule has 0 spiro atoms. The maximum atomic E-state index is 12.9. The predicted molar refractivity (Wildman–Crippen MR) is 46.3 cm³/mol. The number of carbonyl (C=O) groups excluding carboxylic acids is 2. The Bertz CT molecular complexity index is 402.